The highest BCUT2D eigenvalue weighted by atomic mass is 32.2. The Bertz CT molecular complexity index is 494. The van der Waals surface area contributed by atoms with Gasteiger partial charge in [0.2, 0.25) is 5.03 Å². The largest absolute Gasteiger partial charge is 0.673 e. The second-order valence-corrected chi connectivity index (χ2v) is 4.57. The first-order chi connectivity index (χ1) is 7.83. The van der Waals surface area contributed by atoms with Gasteiger partial charge in [0.05, 0.1) is 12.4 Å². The molecule has 0 saturated heterocycles. The van der Waals surface area contributed by atoms with Crippen LogP contribution >= 0.6 is 23.1 Å². The van der Waals surface area contributed by atoms with E-state index in [1.54, 1.807) is 23.1 Å². The van der Waals surface area contributed by atoms with Crippen molar-refractivity contribution in [2.75, 3.05) is 6.26 Å². The van der Waals surface area contributed by atoms with Crippen LogP contribution in [0.15, 0.2) is 22.1 Å². The van der Waals surface area contributed by atoms with Gasteiger partial charge in [0.15, 0.2) is 0 Å². The minimum absolute atomic E-state index is 1.12. The lowest BCUT2D eigenvalue weighted by Crippen LogP contribution is -2.28. The average Bonchev–Trinajstić information content (AvgIpc) is 2.65. The van der Waals surface area contributed by atoms with Gasteiger partial charge in [-0.2, -0.15) is 0 Å². The molecule has 0 aliphatic heterocycles. The van der Waals surface area contributed by atoms with Crippen molar-refractivity contribution >= 4 is 41.3 Å². The van der Waals surface area contributed by atoms with E-state index in [4.69, 9.17) is 0 Å². The highest BCUT2D eigenvalue weighted by Crippen LogP contribution is 2.23. The lowest BCUT2D eigenvalue weighted by Gasteiger charge is -1.94. The van der Waals surface area contributed by atoms with E-state index in [2.05, 4.69) is 22.0 Å². The molecule has 0 aromatic carbocycles. The van der Waals surface area contributed by atoms with E-state index in [1.165, 1.54) is 10.9 Å². The molecule has 0 amide bonds. The quantitative estimate of drug-likeness (QED) is 0.263. The van der Waals surface area contributed by atoms with Gasteiger partial charge in [-0.05, 0) is 11.2 Å². The van der Waals surface area contributed by atoms with Crippen LogP contribution in [-0.4, -0.2) is 18.5 Å². The van der Waals surface area contributed by atoms with E-state index >= 15 is 0 Å². The fraction of sp³-hybridized carbons (Fsp3) is 0.250. The van der Waals surface area contributed by atoms with E-state index in [1.807, 2.05) is 17.9 Å². The third-order valence-corrected chi connectivity index (χ3v) is 3.24. The standard InChI is InChI=1S/C8H9N2S2.BF4/c1-10-5-9-8(11-2)6-3-12-4-7(6)10;2-1(3,4)5/h3-5H,1-2H3;/q+1;-1. The van der Waals surface area contributed by atoms with Crippen LogP contribution < -0.4 is 4.57 Å². The minimum Gasteiger partial charge on any atom is -0.418 e. The van der Waals surface area contributed by atoms with Crippen molar-refractivity contribution < 1.29 is 21.8 Å². The SMILES string of the molecule is CSc1nc[n+](C)c2cscc12.F[B-](F)(F)F. The molecular weight excluding hydrogens is 275 g/mol. The molecule has 9 heteroatoms. The Morgan fingerprint density at radius 1 is 1.29 bits per heavy atom. The minimum atomic E-state index is -6.00. The Balaban J connectivity index is 0.000000249. The molecule has 0 unspecified atom stereocenters. The number of aromatic nitrogens is 2. The second kappa shape index (κ2) is 5.68. The van der Waals surface area contributed by atoms with E-state index < -0.39 is 7.25 Å². The first-order valence-electron chi connectivity index (χ1n) is 4.44. The summed E-state index contributed by atoms with van der Waals surface area (Å²) in [6, 6.07) is 0. The molecule has 0 aliphatic carbocycles. The van der Waals surface area contributed by atoms with Gasteiger partial charge in [0, 0.05) is 10.8 Å². The molecule has 0 N–H and O–H groups in total. The number of aryl methyl sites for hydroxylation is 1. The smallest absolute Gasteiger partial charge is 0.418 e. The van der Waals surface area contributed by atoms with E-state index in [0.717, 1.165) is 5.03 Å². The van der Waals surface area contributed by atoms with E-state index in [9.17, 15) is 17.3 Å². The first kappa shape index (κ1) is 14.2. The highest BCUT2D eigenvalue weighted by Gasteiger charge is 2.20. The van der Waals surface area contributed by atoms with Crippen molar-refractivity contribution in [2.24, 2.45) is 7.05 Å². The van der Waals surface area contributed by atoms with E-state index in [0.29, 0.717) is 0 Å². The fourth-order valence-electron chi connectivity index (χ4n) is 1.16. The summed E-state index contributed by atoms with van der Waals surface area (Å²) in [6.07, 6.45) is 3.92. The van der Waals surface area contributed by atoms with Crippen molar-refractivity contribution in [1.82, 2.24) is 4.98 Å². The maximum absolute atomic E-state index is 9.75. The Morgan fingerprint density at radius 3 is 2.41 bits per heavy atom. The Kier molecular flexibility index (Phi) is 4.75. The molecule has 17 heavy (non-hydrogen) atoms. The number of halogens is 4. The molecule has 2 aromatic rings. The van der Waals surface area contributed by atoms with Crippen LogP contribution in [0, 0.1) is 0 Å². The van der Waals surface area contributed by atoms with Crippen molar-refractivity contribution in [2.45, 2.75) is 5.03 Å². The molecule has 0 atom stereocenters. The van der Waals surface area contributed by atoms with Crippen molar-refractivity contribution in [1.29, 1.82) is 0 Å². The number of nitrogens with zero attached hydrogens (tertiary/aromatic N) is 2. The van der Waals surface area contributed by atoms with Gasteiger partial charge in [-0.15, -0.1) is 11.3 Å². The molecule has 2 aromatic heterocycles. The number of hydrogen-bond acceptors (Lipinski definition) is 3. The molecule has 0 bridgehead atoms. The van der Waals surface area contributed by atoms with Gasteiger partial charge in [0.1, 0.15) is 5.52 Å². The summed E-state index contributed by atoms with van der Waals surface area (Å²) in [7, 11) is -3.98. The molecule has 0 radical (unpaired) electrons. The van der Waals surface area contributed by atoms with Crippen LogP contribution in [0.4, 0.5) is 17.3 Å². The van der Waals surface area contributed by atoms with Crippen LogP contribution in [0.3, 0.4) is 0 Å². The van der Waals surface area contributed by atoms with Crippen molar-refractivity contribution in [3.8, 4) is 0 Å². The highest BCUT2D eigenvalue weighted by molar-refractivity contribution is 7.98. The number of fused-ring (bicyclic) bond motifs is 1. The number of thioether (sulfide) groups is 1. The van der Waals surface area contributed by atoms with Crippen LogP contribution in [0.5, 0.6) is 0 Å². The lowest BCUT2D eigenvalue weighted by atomic mass is 10.3. The molecule has 0 saturated carbocycles. The third-order valence-electron chi connectivity index (χ3n) is 1.79. The maximum Gasteiger partial charge on any atom is 0.673 e. The Morgan fingerprint density at radius 2 is 1.88 bits per heavy atom. The summed E-state index contributed by atoms with van der Waals surface area (Å²) in [5, 5.41) is 6.67. The van der Waals surface area contributed by atoms with Crippen LogP contribution in [0.25, 0.3) is 10.9 Å². The molecule has 2 rings (SSSR count). The summed E-state index contributed by atoms with van der Waals surface area (Å²) in [5.74, 6) is 0. The Hall–Kier alpha value is -0.825. The predicted octanol–water partition coefficient (Wildman–Crippen LogP) is 3.14. The van der Waals surface area contributed by atoms with Crippen molar-refractivity contribution in [3.63, 3.8) is 0 Å². The third kappa shape index (κ3) is 4.51. The van der Waals surface area contributed by atoms with Crippen LogP contribution in [-0.2, 0) is 7.05 Å². The molecule has 0 aliphatic rings. The topological polar surface area (TPSA) is 16.8 Å². The molecule has 2 heterocycles. The van der Waals surface area contributed by atoms with Gasteiger partial charge in [-0.3, -0.25) is 0 Å². The molecule has 94 valence electrons. The number of rotatable bonds is 1. The summed E-state index contributed by atoms with van der Waals surface area (Å²) < 4.78 is 41.0. The molecule has 0 spiro atoms. The van der Waals surface area contributed by atoms with Crippen molar-refractivity contribution in [3.05, 3.63) is 17.1 Å². The van der Waals surface area contributed by atoms with Gasteiger partial charge in [-0.1, -0.05) is 11.8 Å². The normalized spacial score (nSPS) is 11.2. The summed E-state index contributed by atoms with van der Waals surface area (Å²) in [5.41, 5.74) is 1.26. The predicted molar refractivity (Wildman–Crippen MR) is 62.8 cm³/mol. The van der Waals surface area contributed by atoms with Crippen LogP contribution in [0.2, 0.25) is 0 Å². The van der Waals surface area contributed by atoms with Gasteiger partial charge >= 0.3 is 7.25 Å². The monoisotopic (exact) mass is 284 g/mol. The zero-order valence-electron chi connectivity index (χ0n) is 9.03. The maximum atomic E-state index is 9.75. The van der Waals surface area contributed by atoms with Gasteiger partial charge in [-0.25, -0.2) is 4.57 Å². The fourth-order valence-corrected chi connectivity index (χ4v) is 2.63. The first-order valence-corrected chi connectivity index (χ1v) is 6.61. The number of thiophene rings is 1. The van der Waals surface area contributed by atoms with E-state index in [-0.39, 0.29) is 0 Å². The Labute approximate surface area is 104 Å². The zero-order valence-corrected chi connectivity index (χ0v) is 10.7. The van der Waals surface area contributed by atoms with Gasteiger partial charge < -0.3 is 17.3 Å². The number of hydrogen-bond donors (Lipinski definition) is 0. The molecule has 0 fully saturated rings. The molecular formula is C8H9BF4N2S2. The zero-order chi connectivity index (χ0) is 13.1. The summed E-state index contributed by atoms with van der Waals surface area (Å²) in [6.45, 7) is 0. The lowest BCUT2D eigenvalue weighted by molar-refractivity contribution is -0.648. The van der Waals surface area contributed by atoms with Gasteiger partial charge in [0.25, 0.3) is 6.33 Å². The second-order valence-electron chi connectivity index (χ2n) is 3.03. The van der Waals surface area contributed by atoms with Crippen LogP contribution in [0.1, 0.15) is 0 Å². The summed E-state index contributed by atoms with van der Waals surface area (Å²) >= 11 is 3.42. The average molecular weight is 284 g/mol. The molecule has 2 nitrogen and oxygen atoms in total. The summed E-state index contributed by atoms with van der Waals surface area (Å²) in [4.78, 5) is 4.33.